The van der Waals surface area contributed by atoms with Crippen LogP contribution in [0.2, 0.25) is 0 Å². The summed E-state index contributed by atoms with van der Waals surface area (Å²) in [5, 5.41) is 0. The Morgan fingerprint density at radius 1 is 0.818 bits per heavy atom. The monoisotopic (exact) mass is 316 g/mol. The average molecular weight is 316 g/mol. The van der Waals surface area contributed by atoms with Gasteiger partial charge in [-0.05, 0) is 13.3 Å². The quantitative estimate of drug-likeness (QED) is 0.484. The molecule has 0 bridgehead atoms. The van der Waals surface area contributed by atoms with Crippen LogP contribution in [0.4, 0.5) is 0 Å². The van der Waals surface area contributed by atoms with Gasteiger partial charge in [0.2, 0.25) is 11.8 Å². The summed E-state index contributed by atoms with van der Waals surface area (Å²) >= 11 is 0. The van der Waals surface area contributed by atoms with E-state index >= 15 is 0 Å². The van der Waals surface area contributed by atoms with Gasteiger partial charge in [0.05, 0.1) is 32.8 Å². The molecular weight excluding hydrogens is 284 g/mol. The summed E-state index contributed by atoms with van der Waals surface area (Å²) in [7, 11) is 3.58. The van der Waals surface area contributed by atoms with Crippen LogP contribution in [-0.4, -0.2) is 75.2 Å². The Hall–Kier alpha value is -1.14. The summed E-state index contributed by atoms with van der Waals surface area (Å²) in [6, 6.07) is 0. The smallest absolute Gasteiger partial charge is 0.224 e. The highest BCUT2D eigenvalue weighted by Crippen LogP contribution is 1.98. The van der Waals surface area contributed by atoms with Crippen LogP contribution < -0.4 is 0 Å². The highest BCUT2D eigenvalue weighted by atomic mass is 16.5. The van der Waals surface area contributed by atoms with E-state index in [4.69, 9.17) is 9.47 Å². The van der Waals surface area contributed by atoms with Crippen molar-refractivity contribution < 1.29 is 19.1 Å². The highest BCUT2D eigenvalue weighted by molar-refractivity contribution is 5.76. The fraction of sp³-hybridized carbons (Fsp3) is 0.875. The molecular formula is C16H32N2O4. The standard InChI is InChI=1S/C16H32N2O4/c1-5-7-8-15(19)18(4)10-12-22-14-13-21-11-9-16(20)17(3)6-2/h5-14H2,1-4H3. The number of hydrogen-bond acceptors (Lipinski definition) is 4. The number of carbonyl (C=O) groups excluding carboxylic acids is 2. The number of unbranched alkanes of at least 4 members (excludes halogenated alkanes) is 1. The number of nitrogens with zero attached hydrogens (tertiary/aromatic N) is 2. The largest absolute Gasteiger partial charge is 0.379 e. The molecule has 0 aliphatic heterocycles. The Morgan fingerprint density at radius 2 is 1.41 bits per heavy atom. The van der Waals surface area contributed by atoms with Crippen LogP contribution >= 0.6 is 0 Å². The second-order valence-electron chi connectivity index (χ2n) is 5.30. The van der Waals surface area contributed by atoms with Gasteiger partial charge in [0.25, 0.3) is 0 Å². The molecule has 0 fully saturated rings. The molecule has 0 aliphatic carbocycles. The summed E-state index contributed by atoms with van der Waals surface area (Å²) < 4.78 is 10.8. The Morgan fingerprint density at radius 3 is 2.00 bits per heavy atom. The van der Waals surface area contributed by atoms with Crippen LogP contribution in [0.3, 0.4) is 0 Å². The Balaban J connectivity index is 3.43. The Labute approximate surface area is 134 Å². The first kappa shape index (κ1) is 20.9. The molecule has 0 heterocycles. The molecule has 0 unspecified atom stereocenters. The summed E-state index contributed by atoms with van der Waals surface area (Å²) in [5.74, 6) is 0.260. The van der Waals surface area contributed by atoms with Gasteiger partial charge in [0.15, 0.2) is 0 Å². The summed E-state index contributed by atoms with van der Waals surface area (Å²) in [6.45, 7) is 7.21. The van der Waals surface area contributed by atoms with Crippen molar-refractivity contribution >= 4 is 11.8 Å². The molecule has 0 N–H and O–H groups in total. The molecule has 22 heavy (non-hydrogen) atoms. The molecule has 0 aromatic carbocycles. The second-order valence-corrected chi connectivity index (χ2v) is 5.30. The first-order chi connectivity index (χ1) is 10.5. The fourth-order valence-electron chi connectivity index (χ4n) is 1.69. The minimum atomic E-state index is 0.0932. The number of carbonyl (C=O) groups is 2. The third-order valence-corrected chi connectivity index (χ3v) is 3.47. The van der Waals surface area contributed by atoms with Gasteiger partial charge in [0, 0.05) is 33.6 Å². The second kappa shape index (κ2) is 13.5. The SMILES string of the molecule is CCCCC(=O)N(C)CCOCCOCCC(=O)N(C)CC. The van der Waals surface area contributed by atoms with Crippen LogP contribution in [0.5, 0.6) is 0 Å². The predicted molar refractivity (Wildman–Crippen MR) is 86.7 cm³/mol. The molecule has 0 aromatic rings. The van der Waals surface area contributed by atoms with Crippen molar-refractivity contribution in [3.63, 3.8) is 0 Å². The van der Waals surface area contributed by atoms with E-state index in [2.05, 4.69) is 6.92 Å². The van der Waals surface area contributed by atoms with Gasteiger partial charge in [0.1, 0.15) is 0 Å². The van der Waals surface area contributed by atoms with Crippen molar-refractivity contribution in [3.8, 4) is 0 Å². The third-order valence-electron chi connectivity index (χ3n) is 3.47. The van der Waals surface area contributed by atoms with E-state index in [1.807, 2.05) is 6.92 Å². The fourth-order valence-corrected chi connectivity index (χ4v) is 1.69. The zero-order chi connectivity index (χ0) is 16.8. The molecule has 6 nitrogen and oxygen atoms in total. The van der Waals surface area contributed by atoms with Gasteiger partial charge in [-0.3, -0.25) is 9.59 Å². The maximum atomic E-state index is 11.7. The molecule has 6 heteroatoms. The predicted octanol–water partition coefficient (Wildman–Crippen LogP) is 1.54. The first-order valence-electron chi connectivity index (χ1n) is 8.16. The van der Waals surface area contributed by atoms with Crippen LogP contribution in [0.25, 0.3) is 0 Å². The van der Waals surface area contributed by atoms with Crippen LogP contribution in [0, 0.1) is 0 Å². The van der Waals surface area contributed by atoms with Gasteiger partial charge in [-0.1, -0.05) is 13.3 Å². The molecule has 0 rings (SSSR count). The molecule has 0 atom stereocenters. The van der Waals surface area contributed by atoms with Crippen molar-refractivity contribution in [2.24, 2.45) is 0 Å². The number of amides is 2. The number of likely N-dealkylation sites (N-methyl/N-ethyl adjacent to an activating group) is 1. The van der Waals surface area contributed by atoms with Crippen molar-refractivity contribution in [1.29, 1.82) is 0 Å². The third kappa shape index (κ3) is 10.6. The van der Waals surface area contributed by atoms with Crippen molar-refractivity contribution in [1.82, 2.24) is 9.80 Å². The average Bonchev–Trinajstić information content (AvgIpc) is 2.53. The van der Waals surface area contributed by atoms with E-state index in [0.29, 0.717) is 52.4 Å². The molecule has 130 valence electrons. The summed E-state index contributed by atoms with van der Waals surface area (Å²) in [5.41, 5.74) is 0. The molecule has 0 aliphatic rings. The summed E-state index contributed by atoms with van der Waals surface area (Å²) in [4.78, 5) is 26.5. The van der Waals surface area contributed by atoms with Gasteiger partial charge >= 0.3 is 0 Å². The lowest BCUT2D eigenvalue weighted by atomic mass is 10.2. The molecule has 0 spiro atoms. The molecule has 0 saturated heterocycles. The zero-order valence-electron chi connectivity index (χ0n) is 14.6. The van der Waals surface area contributed by atoms with Gasteiger partial charge in [-0.15, -0.1) is 0 Å². The molecule has 0 radical (unpaired) electrons. The van der Waals surface area contributed by atoms with Gasteiger partial charge in [-0.25, -0.2) is 0 Å². The van der Waals surface area contributed by atoms with Gasteiger partial charge < -0.3 is 19.3 Å². The maximum absolute atomic E-state index is 11.7. The highest BCUT2D eigenvalue weighted by Gasteiger charge is 2.07. The minimum absolute atomic E-state index is 0.0932. The van der Waals surface area contributed by atoms with E-state index in [0.717, 1.165) is 12.8 Å². The van der Waals surface area contributed by atoms with E-state index in [1.165, 1.54) is 0 Å². The van der Waals surface area contributed by atoms with Gasteiger partial charge in [-0.2, -0.15) is 0 Å². The van der Waals surface area contributed by atoms with E-state index in [1.54, 1.807) is 23.9 Å². The molecule has 0 aromatic heterocycles. The lowest BCUT2D eigenvalue weighted by Crippen LogP contribution is -2.30. The normalized spacial score (nSPS) is 10.5. The Bertz CT molecular complexity index is 311. The Kier molecular flexibility index (Phi) is 12.8. The summed E-state index contributed by atoms with van der Waals surface area (Å²) in [6.07, 6.45) is 2.98. The topological polar surface area (TPSA) is 59.1 Å². The number of ether oxygens (including phenoxy) is 2. The van der Waals surface area contributed by atoms with E-state index in [-0.39, 0.29) is 11.8 Å². The van der Waals surface area contributed by atoms with E-state index < -0.39 is 0 Å². The van der Waals surface area contributed by atoms with Crippen LogP contribution in [-0.2, 0) is 19.1 Å². The lowest BCUT2D eigenvalue weighted by Gasteiger charge is -2.17. The lowest BCUT2D eigenvalue weighted by molar-refractivity contribution is -0.131. The van der Waals surface area contributed by atoms with Crippen LogP contribution in [0.1, 0.15) is 39.5 Å². The van der Waals surface area contributed by atoms with Crippen molar-refractivity contribution in [2.75, 3.05) is 53.6 Å². The first-order valence-corrected chi connectivity index (χ1v) is 8.16. The van der Waals surface area contributed by atoms with Crippen molar-refractivity contribution in [3.05, 3.63) is 0 Å². The number of rotatable bonds is 13. The zero-order valence-corrected chi connectivity index (χ0v) is 14.6. The van der Waals surface area contributed by atoms with Crippen molar-refractivity contribution in [2.45, 2.75) is 39.5 Å². The van der Waals surface area contributed by atoms with Crippen LogP contribution in [0.15, 0.2) is 0 Å². The number of hydrogen-bond donors (Lipinski definition) is 0. The maximum Gasteiger partial charge on any atom is 0.224 e. The molecule has 0 saturated carbocycles. The minimum Gasteiger partial charge on any atom is -0.379 e. The van der Waals surface area contributed by atoms with E-state index in [9.17, 15) is 9.59 Å². The molecule has 2 amide bonds.